The molecule has 0 aromatic heterocycles. The summed E-state index contributed by atoms with van der Waals surface area (Å²) in [7, 11) is 0. The van der Waals surface area contributed by atoms with E-state index in [9.17, 15) is 13.6 Å². The van der Waals surface area contributed by atoms with Crippen LogP contribution < -0.4 is 5.73 Å². The van der Waals surface area contributed by atoms with Gasteiger partial charge in [-0.1, -0.05) is 0 Å². The number of halogens is 2. The molecule has 0 atom stereocenters. The van der Waals surface area contributed by atoms with Gasteiger partial charge >= 0.3 is 0 Å². The molecular weight excluding hydrogens is 178 g/mol. The van der Waals surface area contributed by atoms with Gasteiger partial charge in [0.15, 0.2) is 0 Å². The minimum Gasteiger partial charge on any atom is -0.366 e. The third-order valence-corrected chi connectivity index (χ3v) is 1.43. The Morgan fingerprint density at radius 3 is 2.54 bits per heavy atom. The van der Waals surface area contributed by atoms with Crippen molar-refractivity contribution < 1.29 is 13.6 Å². The summed E-state index contributed by atoms with van der Waals surface area (Å²) in [5.41, 5.74) is 3.83. The van der Waals surface area contributed by atoms with Gasteiger partial charge in [0.1, 0.15) is 23.3 Å². The molecule has 66 valence electrons. The van der Waals surface area contributed by atoms with E-state index in [4.69, 9.17) is 11.0 Å². The summed E-state index contributed by atoms with van der Waals surface area (Å²) in [4.78, 5) is 10.6. The molecule has 0 spiro atoms. The Balaban J connectivity index is 3.50. The normalized spacial score (nSPS) is 9.31. The van der Waals surface area contributed by atoms with Crippen LogP contribution in [0.2, 0.25) is 0 Å². The summed E-state index contributed by atoms with van der Waals surface area (Å²) in [6.45, 7) is 0. The van der Waals surface area contributed by atoms with E-state index >= 15 is 0 Å². The number of primary amides is 1. The van der Waals surface area contributed by atoms with Crippen LogP contribution in [-0.4, -0.2) is 5.91 Å². The lowest BCUT2D eigenvalue weighted by atomic mass is 10.1. The van der Waals surface area contributed by atoms with Gasteiger partial charge in [0.25, 0.3) is 0 Å². The van der Waals surface area contributed by atoms with Crippen LogP contribution in [0, 0.1) is 23.0 Å². The van der Waals surface area contributed by atoms with Crippen molar-refractivity contribution in [1.29, 1.82) is 5.26 Å². The molecule has 0 fully saturated rings. The Hall–Kier alpha value is -1.96. The minimum atomic E-state index is -1.09. The minimum absolute atomic E-state index is 0.444. The third kappa shape index (κ3) is 1.62. The molecule has 0 radical (unpaired) electrons. The quantitative estimate of drug-likeness (QED) is 0.702. The fourth-order valence-corrected chi connectivity index (χ4v) is 0.882. The van der Waals surface area contributed by atoms with Crippen LogP contribution in [0.25, 0.3) is 0 Å². The second-order valence-corrected chi connectivity index (χ2v) is 2.29. The molecule has 1 amide bonds. The summed E-state index contributed by atoms with van der Waals surface area (Å²) < 4.78 is 25.3. The monoisotopic (exact) mass is 182 g/mol. The predicted octanol–water partition coefficient (Wildman–Crippen LogP) is 0.935. The van der Waals surface area contributed by atoms with Crippen molar-refractivity contribution in [3.05, 3.63) is 34.9 Å². The molecular formula is C8H4F2N2O. The van der Waals surface area contributed by atoms with Crippen molar-refractivity contribution in [2.24, 2.45) is 5.73 Å². The molecule has 1 rings (SSSR count). The Labute approximate surface area is 72.4 Å². The summed E-state index contributed by atoms with van der Waals surface area (Å²) in [6.07, 6.45) is 0. The van der Waals surface area contributed by atoms with Gasteiger partial charge in [-0.3, -0.25) is 4.79 Å². The zero-order valence-electron chi connectivity index (χ0n) is 6.34. The van der Waals surface area contributed by atoms with Gasteiger partial charge < -0.3 is 5.73 Å². The summed E-state index contributed by atoms with van der Waals surface area (Å²) in [5.74, 6) is -3.06. The maximum atomic E-state index is 12.8. The van der Waals surface area contributed by atoms with E-state index < -0.39 is 28.7 Å². The summed E-state index contributed by atoms with van der Waals surface area (Å²) in [6, 6.07) is 2.67. The number of rotatable bonds is 1. The molecule has 0 aliphatic rings. The zero-order valence-corrected chi connectivity index (χ0v) is 6.34. The van der Waals surface area contributed by atoms with Crippen molar-refractivity contribution in [2.45, 2.75) is 0 Å². The van der Waals surface area contributed by atoms with Crippen molar-refractivity contribution in [3.63, 3.8) is 0 Å². The number of carbonyl (C=O) groups is 1. The number of amides is 1. The van der Waals surface area contributed by atoms with E-state index in [0.29, 0.717) is 6.07 Å². The Morgan fingerprint density at radius 1 is 1.46 bits per heavy atom. The van der Waals surface area contributed by atoms with E-state index in [-0.39, 0.29) is 0 Å². The van der Waals surface area contributed by atoms with Gasteiger partial charge in [-0.2, -0.15) is 5.26 Å². The second kappa shape index (κ2) is 3.19. The molecule has 2 N–H and O–H groups in total. The topological polar surface area (TPSA) is 66.9 Å². The van der Waals surface area contributed by atoms with Gasteiger partial charge in [0.2, 0.25) is 5.91 Å². The van der Waals surface area contributed by atoms with Gasteiger partial charge in [-0.05, 0) is 6.07 Å². The number of hydrogen-bond acceptors (Lipinski definition) is 2. The molecule has 0 bridgehead atoms. The fraction of sp³-hybridized carbons (Fsp3) is 0. The number of hydrogen-bond donors (Lipinski definition) is 1. The SMILES string of the molecule is N#Cc1c(F)cc(F)cc1C(N)=O. The van der Waals surface area contributed by atoms with Crippen molar-refractivity contribution in [1.82, 2.24) is 0 Å². The van der Waals surface area contributed by atoms with E-state index in [1.807, 2.05) is 0 Å². The number of benzene rings is 1. The fourth-order valence-electron chi connectivity index (χ4n) is 0.882. The first-order valence-corrected chi connectivity index (χ1v) is 3.25. The van der Waals surface area contributed by atoms with Crippen molar-refractivity contribution in [3.8, 4) is 6.07 Å². The molecule has 0 aliphatic carbocycles. The molecule has 1 aromatic rings. The highest BCUT2D eigenvalue weighted by atomic mass is 19.1. The van der Waals surface area contributed by atoms with Crippen LogP contribution in [0.1, 0.15) is 15.9 Å². The second-order valence-electron chi connectivity index (χ2n) is 2.29. The molecule has 0 unspecified atom stereocenters. The summed E-state index contributed by atoms with van der Waals surface area (Å²) >= 11 is 0. The van der Waals surface area contributed by atoms with E-state index in [1.54, 1.807) is 0 Å². The van der Waals surface area contributed by atoms with Crippen molar-refractivity contribution >= 4 is 5.91 Å². The van der Waals surface area contributed by atoms with Gasteiger partial charge in [-0.15, -0.1) is 0 Å². The maximum absolute atomic E-state index is 12.8. The van der Waals surface area contributed by atoms with Crippen LogP contribution in [0.4, 0.5) is 8.78 Å². The lowest BCUT2D eigenvalue weighted by molar-refractivity contribution is 0.0999. The van der Waals surface area contributed by atoms with E-state index in [0.717, 1.165) is 6.07 Å². The standard InChI is InChI=1S/C8H4F2N2O/c9-4-1-5(8(12)13)6(3-11)7(10)2-4/h1-2H,(H2,12,13). The molecule has 5 heteroatoms. The number of nitriles is 1. The van der Waals surface area contributed by atoms with Gasteiger partial charge in [0, 0.05) is 6.07 Å². The van der Waals surface area contributed by atoms with Crippen LogP contribution in [-0.2, 0) is 0 Å². The number of carbonyl (C=O) groups excluding carboxylic acids is 1. The first kappa shape index (κ1) is 9.13. The average Bonchev–Trinajstić information content (AvgIpc) is 2.02. The van der Waals surface area contributed by atoms with Crippen LogP contribution in [0.15, 0.2) is 12.1 Å². The van der Waals surface area contributed by atoms with E-state index in [2.05, 4.69) is 0 Å². The first-order valence-electron chi connectivity index (χ1n) is 3.25. The van der Waals surface area contributed by atoms with E-state index in [1.165, 1.54) is 6.07 Å². The molecule has 0 saturated carbocycles. The largest absolute Gasteiger partial charge is 0.366 e. The Kier molecular flexibility index (Phi) is 2.24. The first-order chi connectivity index (χ1) is 6.06. The zero-order chi connectivity index (χ0) is 10.0. The highest BCUT2D eigenvalue weighted by Crippen LogP contribution is 2.14. The van der Waals surface area contributed by atoms with Crippen molar-refractivity contribution in [2.75, 3.05) is 0 Å². The molecule has 13 heavy (non-hydrogen) atoms. The molecule has 0 heterocycles. The molecule has 0 aliphatic heterocycles. The highest BCUT2D eigenvalue weighted by Gasteiger charge is 2.14. The summed E-state index contributed by atoms with van der Waals surface area (Å²) in [5, 5.41) is 8.42. The lowest BCUT2D eigenvalue weighted by Gasteiger charge is -1.99. The van der Waals surface area contributed by atoms with Crippen LogP contribution in [0.3, 0.4) is 0 Å². The maximum Gasteiger partial charge on any atom is 0.250 e. The molecule has 0 saturated heterocycles. The molecule has 1 aromatic carbocycles. The Morgan fingerprint density at radius 2 is 2.08 bits per heavy atom. The van der Waals surface area contributed by atoms with Gasteiger partial charge in [0.05, 0.1) is 5.56 Å². The lowest BCUT2D eigenvalue weighted by Crippen LogP contribution is -2.14. The third-order valence-electron chi connectivity index (χ3n) is 1.43. The average molecular weight is 182 g/mol. The highest BCUT2D eigenvalue weighted by molar-refractivity contribution is 5.95. The van der Waals surface area contributed by atoms with Gasteiger partial charge in [-0.25, -0.2) is 8.78 Å². The predicted molar refractivity (Wildman–Crippen MR) is 39.6 cm³/mol. The molecule has 3 nitrogen and oxygen atoms in total. The number of nitrogens with two attached hydrogens (primary N) is 1. The smallest absolute Gasteiger partial charge is 0.250 e. The van der Waals surface area contributed by atoms with Crippen LogP contribution >= 0.6 is 0 Å². The Bertz CT molecular complexity index is 409. The van der Waals surface area contributed by atoms with Crippen LogP contribution in [0.5, 0.6) is 0 Å². The number of nitrogens with zero attached hydrogens (tertiary/aromatic N) is 1.